The van der Waals surface area contributed by atoms with E-state index < -0.39 is 12.1 Å². The molecule has 0 saturated heterocycles. The molecule has 0 aromatic carbocycles. The van der Waals surface area contributed by atoms with Crippen LogP contribution >= 0.6 is 0 Å². The van der Waals surface area contributed by atoms with Crippen molar-refractivity contribution < 1.29 is 24.5 Å². The second-order valence-electron chi connectivity index (χ2n) is 16.1. The highest BCUT2D eigenvalue weighted by atomic mass is 16.5. The van der Waals surface area contributed by atoms with E-state index >= 15 is 0 Å². The van der Waals surface area contributed by atoms with E-state index in [0.717, 1.165) is 83.5 Å². The van der Waals surface area contributed by atoms with Crippen molar-refractivity contribution in [2.75, 3.05) is 13.2 Å². The predicted molar refractivity (Wildman–Crippen MR) is 236 cm³/mol. The molecule has 0 aliphatic carbocycles. The van der Waals surface area contributed by atoms with Gasteiger partial charge in [-0.1, -0.05) is 172 Å². The SMILES string of the molecule is CCCCCCCCC/C=C\CCCCCCCC(=O)OCCCCC/C=C\CCCCCCCC(=O)NC(CO)C(O)/C=C/CCCCCCCCCC. The second-order valence-corrected chi connectivity index (χ2v) is 16.1. The molecule has 0 aliphatic rings. The molecule has 6 heteroatoms. The zero-order valence-corrected chi connectivity index (χ0v) is 36.4. The lowest BCUT2D eigenvalue weighted by atomic mass is 10.1. The van der Waals surface area contributed by atoms with Crippen molar-refractivity contribution in [2.24, 2.45) is 0 Å². The summed E-state index contributed by atoms with van der Waals surface area (Å²) in [6, 6.07) is -0.645. The first-order valence-electron chi connectivity index (χ1n) is 23.8. The monoisotopic (exact) mass is 774 g/mol. The van der Waals surface area contributed by atoms with E-state index in [4.69, 9.17) is 4.74 Å². The van der Waals surface area contributed by atoms with E-state index in [0.29, 0.717) is 19.4 Å². The van der Waals surface area contributed by atoms with Gasteiger partial charge >= 0.3 is 5.97 Å². The molecule has 0 aromatic heterocycles. The van der Waals surface area contributed by atoms with Gasteiger partial charge in [-0.2, -0.15) is 0 Å². The summed E-state index contributed by atoms with van der Waals surface area (Å²) in [5.41, 5.74) is 0. The van der Waals surface area contributed by atoms with Crippen molar-refractivity contribution in [1.82, 2.24) is 5.32 Å². The number of aliphatic hydroxyl groups excluding tert-OH is 2. The molecule has 2 unspecified atom stereocenters. The third-order valence-electron chi connectivity index (χ3n) is 10.6. The lowest BCUT2D eigenvalue weighted by molar-refractivity contribution is -0.143. The highest BCUT2D eigenvalue weighted by Gasteiger charge is 2.18. The van der Waals surface area contributed by atoms with Crippen molar-refractivity contribution in [3.63, 3.8) is 0 Å². The fraction of sp³-hybridized carbons (Fsp3) is 0.837. The molecule has 0 spiro atoms. The van der Waals surface area contributed by atoms with Gasteiger partial charge < -0.3 is 20.3 Å². The molecule has 0 fully saturated rings. The smallest absolute Gasteiger partial charge is 0.305 e. The first-order valence-corrected chi connectivity index (χ1v) is 23.8. The number of aliphatic hydroxyl groups is 2. The number of unbranched alkanes of at least 4 members (excludes halogenated alkanes) is 28. The van der Waals surface area contributed by atoms with E-state index in [9.17, 15) is 19.8 Å². The fourth-order valence-electron chi connectivity index (χ4n) is 6.91. The molecule has 0 radical (unpaired) electrons. The van der Waals surface area contributed by atoms with Crippen LogP contribution in [0.2, 0.25) is 0 Å². The summed E-state index contributed by atoms with van der Waals surface area (Å²) in [7, 11) is 0. The van der Waals surface area contributed by atoms with Gasteiger partial charge in [0.05, 0.1) is 25.4 Å². The van der Waals surface area contributed by atoms with Gasteiger partial charge in [0, 0.05) is 12.8 Å². The Hall–Kier alpha value is -1.92. The van der Waals surface area contributed by atoms with Gasteiger partial charge in [0.25, 0.3) is 0 Å². The van der Waals surface area contributed by atoms with Crippen molar-refractivity contribution >= 4 is 11.9 Å². The van der Waals surface area contributed by atoms with E-state index in [1.54, 1.807) is 6.08 Å². The number of carbonyl (C=O) groups is 2. The Labute approximate surface area is 341 Å². The number of hydrogen-bond donors (Lipinski definition) is 3. The molecular formula is C49H91NO5. The third kappa shape index (κ3) is 41.5. The maximum atomic E-state index is 12.4. The van der Waals surface area contributed by atoms with Gasteiger partial charge in [-0.3, -0.25) is 9.59 Å². The van der Waals surface area contributed by atoms with E-state index in [1.807, 2.05) is 6.08 Å². The van der Waals surface area contributed by atoms with Crippen LogP contribution in [-0.2, 0) is 14.3 Å². The summed E-state index contributed by atoms with van der Waals surface area (Å²) in [5.74, 6) is -0.131. The molecule has 0 bridgehead atoms. The zero-order chi connectivity index (χ0) is 40.1. The highest BCUT2D eigenvalue weighted by Crippen LogP contribution is 2.13. The standard InChI is InChI=1S/C49H91NO5/c1-3-5-7-9-11-13-15-16-17-18-19-23-27-31-35-39-43-49(54)55-44-40-36-32-28-24-21-20-22-26-30-34-38-42-48(53)50-46(45-51)47(52)41-37-33-29-25-14-12-10-8-6-4-2/h17-18,21,24,37,41,46-47,51-52H,3-16,19-20,22-23,25-36,38-40,42-45H2,1-2H3,(H,50,53)/b18-17-,24-21-,41-37+. The van der Waals surface area contributed by atoms with Crippen LogP contribution < -0.4 is 5.32 Å². The van der Waals surface area contributed by atoms with Crippen LogP contribution in [0.5, 0.6) is 0 Å². The van der Waals surface area contributed by atoms with Crippen LogP contribution in [0.25, 0.3) is 0 Å². The quantitative estimate of drug-likeness (QED) is 0.0326. The Morgan fingerprint density at radius 3 is 1.29 bits per heavy atom. The van der Waals surface area contributed by atoms with Crippen LogP contribution in [0.3, 0.4) is 0 Å². The summed E-state index contributed by atoms with van der Waals surface area (Å²) in [6.45, 7) is 4.80. The van der Waals surface area contributed by atoms with Crippen molar-refractivity contribution in [1.29, 1.82) is 0 Å². The summed E-state index contributed by atoms with van der Waals surface area (Å²) in [4.78, 5) is 24.4. The Kier molecular flexibility index (Phi) is 43.2. The largest absolute Gasteiger partial charge is 0.466 e. The summed E-state index contributed by atoms with van der Waals surface area (Å²) in [5, 5.41) is 22.9. The molecule has 0 aliphatic heterocycles. The van der Waals surface area contributed by atoms with Crippen molar-refractivity contribution in [2.45, 2.75) is 251 Å². The molecule has 55 heavy (non-hydrogen) atoms. The van der Waals surface area contributed by atoms with E-state index in [2.05, 4.69) is 43.5 Å². The van der Waals surface area contributed by atoms with Gasteiger partial charge in [-0.05, 0) is 89.9 Å². The summed E-state index contributed by atoms with van der Waals surface area (Å²) in [6.07, 6.45) is 52.8. The van der Waals surface area contributed by atoms with Gasteiger partial charge in [0.2, 0.25) is 5.91 Å². The molecule has 322 valence electrons. The molecule has 0 aromatic rings. The van der Waals surface area contributed by atoms with Crippen molar-refractivity contribution in [3.05, 3.63) is 36.5 Å². The zero-order valence-electron chi connectivity index (χ0n) is 36.4. The Morgan fingerprint density at radius 2 is 0.855 bits per heavy atom. The number of carbonyl (C=O) groups excluding carboxylic acids is 2. The van der Waals surface area contributed by atoms with Crippen LogP contribution in [0.4, 0.5) is 0 Å². The normalized spacial score (nSPS) is 13.0. The maximum Gasteiger partial charge on any atom is 0.305 e. The van der Waals surface area contributed by atoms with E-state index in [1.165, 1.54) is 128 Å². The third-order valence-corrected chi connectivity index (χ3v) is 10.6. The Bertz CT molecular complexity index is 900. The minimum atomic E-state index is -0.859. The summed E-state index contributed by atoms with van der Waals surface area (Å²) >= 11 is 0. The number of esters is 1. The molecule has 0 saturated carbocycles. The molecule has 0 rings (SSSR count). The van der Waals surface area contributed by atoms with E-state index in [-0.39, 0.29) is 18.5 Å². The fourth-order valence-corrected chi connectivity index (χ4v) is 6.91. The van der Waals surface area contributed by atoms with Crippen LogP contribution in [0, 0.1) is 0 Å². The average molecular weight is 774 g/mol. The van der Waals surface area contributed by atoms with Gasteiger partial charge in [-0.25, -0.2) is 0 Å². The Balaban J connectivity index is 3.53. The average Bonchev–Trinajstić information content (AvgIpc) is 3.18. The topological polar surface area (TPSA) is 95.9 Å². The summed E-state index contributed by atoms with van der Waals surface area (Å²) < 4.78 is 5.43. The van der Waals surface area contributed by atoms with Crippen molar-refractivity contribution in [3.8, 4) is 0 Å². The Morgan fingerprint density at radius 1 is 0.491 bits per heavy atom. The molecule has 3 N–H and O–H groups in total. The minimum absolute atomic E-state index is 0.0330. The van der Waals surface area contributed by atoms with Gasteiger partial charge in [-0.15, -0.1) is 0 Å². The van der Waals surface area contributed by atoms with Crippen LogP contribution in [0.1, 0.15) is 239 Å². The molecule has 2 atom stereocenters. The number of allylic oxidation sites excluding steroid dienone is 5. The highest BCUT2D eigenvalue weighted by molar-refractivity contribution is 5.76. The molecule has 0 heterocycles. The lowest BCUT2D eigenvalue weighted by Crippen LogP contribution is -2.45. The van der Waals surface area contributed by atoms with Gasteiger partial charge in [0.15, 0.2) is 0 Å². The maximum absolute atomic E-state index is 12.4. The lowest BCUT2D eigenvalue weighted by Gasteiger charge is -2.20. The minimum Gasteiger partial charge on any atom is -0.466 e. The predicted octanol–water partition coefficient (Wildman–Crippen LogP) is 13.7. The molecule has 6 nitrogen and oxygen atoms in total. The van der Waals surface area contributed by atoms with Gasteiger partial charge in [0.1, 0.15) is 0 Å². The first kappa shape index (κ1) is 53.1. The number of hydrogen-bond acceptors (Lipinski definition) is 5. The molecular weight excluding hydrogens is 683 g/mol. The number of rotatable bonds is 43. The molecule has 1 amide bonds. The first-order chi connectivity index (χ1) is 27.0. The van der Waals surface area contributed by atoms with Crippen LogP contribution in [-0.4, -0.2) is 47.4 Å². The number of nitrogens with one attached hydrogen (secondary N) is 1. The number of ether oxygens (including phenoxy) is 1. The van der Waals surface area contributed by atoms with Crippen LogP contribution in [0.15, 0.2) is 36.5 Å². The number of amides is 1. The second kappa shape index (κ2) is 44.8.